The fourth-order valence-electron chi connectivity index (χ4n) is 3.52. The molecular formula is C27H19N3. The number of rotatable bonds is 4. The molecule has 0 spiro atoms. The van der Waals surface area contributed by atoms with Crippen LogP contribution in [0, 0.1) is 0 Å². The van der Waals surface area contributed by atoms with Crippen LogP contribution in [-0.2, 0) is 0 Å². The average molecular weight is 385 g/mol. The summed E-state index contributed by atoms with van der Waals surface area (Å²) in [5.41, 5.74) is 8.42. The van der Waals surface area contributed by atoms with Crippen LogP contribution in [0.1, 0.15) is 0 Å². The molecule has 5 rings (SSSR count). The van der Waals surface area contributed by atoms with Crippen molar-refractivity contribution in [1.82, 2.24) is 15.4 Å². The van der Waals surface area contributed by atoms with Crippen molar-refractivity contribution in [1.29, 1.82) is 0 Å². The minimum atomic E-state index is 0.812. The molecule has 5 aromatic rings. The molecule has 0 saturated carbocycles. The Morgan fingerprint density at radius 2 is 0.667 bits per heavy atom. The Morgan fingerprint density at radius 3 is 1.07 bits per heavy atom. The van der Waals surface area contributed by atoms with Crippen molar-refractivity contribution in [3.8, 4) is 44.8 Å². The van der Waals surface area contributed by atoms with E-state index in [0.717, 1.165) is 22.5 Å². The number of hydrogen-bond acceptors (Lipinski definition) is 3. The molecule has 1 heterocycles. The van der Waals surface area contributed by atoms with Crippen molar-refractivity contribution < 1.29 is 0 Å². The summed E-state index contributed by atoms with van der Waals surface area (Å²) in [5.74, 6) is 0. The maximum atomic E-state index is 4.24. The third-order valence-electron chi connectivity index (χ3n) is 5.15. The van der Waals surface area contributed by atoms with Gasteiger partial charge in [0.15, 0.2) is 0 Å². The Bertz CT molecular complexity index is 1150. The van der Waals surface area contributed by atoms with Crippen LogP contribution >= 0.6 is 0 Å². The van der Waals surface area contributed by atoms with Crippen molar-refractivity contribution in [2.24, 2.45) is 0 Å². The molecule has 0 bridgehead atoms. The Kier molecular flexibility index (Phi) is 4.84. The molecule has 0 aliphatic heterocycles. The standard InChI is InChI=1S/C27H19N3/c1-3-7-20(8-4-1)22-11-15-24(16-12-22)26-19-27(29-30-28-26)25-17-13-23(14-18-25)21-9-5-2-6-10-21/h1-19H. The Labute approximate surface area is 175 Å². The quantitative estimate of drug-likeness (QED) is 0.352. The van der Waals surface area contributed by atoms with Gasteiger partial charge in [-0.3, -0.25) is 0 Å². The SMILES string of the molecule is c1ccc(-c2ccc(-c3cc(-c4ccc(-c5ccccc5)cc4)nnn3)cc2)cc1. The van der Waals surface area contributed by atoms with Gasteiger partial charge in [-0.2, -0.15) is 0 Å². The minimum Gasteiger partial charge on any atom is -0.130 e. The van der Waals surface area contributed by atoms with Crippen LogP contribution in [-0.4, -0.2) is 15.4 Å². The first kappa shape index (κ1) is 18.0. The van der Waals surface area contributed by atoms with Gasteiger partial charge in [-0.05, 0) is 33.5 Å². The summed E-state index contributed by atoms with van der Waals surface area (Å²) < 4.78 is 0. The maximum absolute atomic E-state index is 4.24. The van der Waals surface area contributed by atoms with E-state index >= 15 is 0 Å². The second-order valence-corrected chi connectivity index (χ2v) is 7.09. The molecule has 4 aromatic carbocycles. The Hall–Kier alpha value is -4.11. The highest BCUT2D eigenvalue weighted by Crippen LogP contribution is 2.27. The molecular weight excluding hydrogens is 366 g/mol. The molecule has 1 aromatic heterocycles. The zero-order chi connectivity index (χ0) is 20.2. The molecule has 0 aliphatic carbocycles. The van der Waals surface area contributed by atoms with Crippen LogP contribution in [0.2, 0.25) is 0 Å². The lowest BCUT2D eigenvalue weighted by Gasteiger charge is -2.06. The minimum absolute atomic E-state index is 0.812. The summed E-state index contributed by atoms with van der Waals surface area (Å²) in [5, 5.41) is 12.5. The molecule has 0 saturated heterocycles. The molecule has 0 aliphatic rings. The molecule has 142 valence electrons. The van der Waals surface area contributed by atoms with Crippen molar-refractivity contribution in [2.75, 3.05) is 0 Å². The molecule has 0 N–H and O–H groups in total. The highest BCUT2D eigenvalue weighted by Gasteiger charge is 2.07. The van der Waals surface area contributed by atoms with Crippen LogP contribution < -0.4 is 0 Å². The summed E-state index contributed by atoms with van der Waals surface area (Å²) in [7, 11) is 0. The lowest BCUT2D eigenvalue weighted by atomic mass is 10.0. The van der Waals surface area contributed by atoms with Gasteiger partial charge in [0.2, 0.25) is 0 Å². The van der Waals surface area contributed by atoms with E-state index in [1.807, 2.05) is 42.5 Å². The van der Waals surface area contributed by atoms with Gasteiger partial charge in [0.25, 0.3) is 0 Å². The zero-order valence-electron chi connectivity index (χ0n) is 16.3. The van der Waals surface area contributed by atoms with Gasteiger partial charge in [-0.25, -0.2) is 0 Å². The van der Waals surface area contributed by atoms with Crippen LogP contribution in [0.15, 0.2) is 115 Å². The van der Waals surface area contributed by atoms with Crippen LogP contribution in [0.4, 0.5) is 0 Å². The normalized spacial score (nSPS) is 10.7. The van der Waals surface area contributed by atoms with Crippen molar-refractivity contribution in [3.05, 3.63) is 115 Å². The molecule has 0 radical (unpaired) electrons. The van der Waals surface area contributed by atoms with E-state index in [2.05, 4.69) is 88.2 Å². The second-order valence-electron chi connectivity index (χ2n) is 7.09. The topological polar surface area (TPSA) is 38.7 Å². The molecule has 30 heavy (non-hydrogen) atoms. The van der Waals surface area contributed by atoms with Crippen LogP contribution in [0.25, 0.3) is 44.8 Å². The van der Waals surface area contributed by atoms with E-state index in [9.17, 15) is 0 Å². The smallest absolute Gasteiger partial charge is 0.0969 e. The highest BCUT2D eigenvalue weighted by atomic mass is 15.3. The molecule has 0 fully saturated rings. The van der Waals surface area contributed by atoms with E-state index in [1.54, 1.807) is 0 Å². The fourth-order valence-corrected chi connectivity index (χ4v) is 3.52. The van der Waals surface area contributed by atoms with Crippen LogP contribution in [0.3, 0.4) is 0 Å². The fraction of sp³-hybridized carbons (Fsp3) is 0. The van der Waals surface area contributed by atoms with Gasteiger partial charge in [0, 0.05) is 11.1 Å². The summed E-state index contributed by atoms with van der Waals surface area (Å²) >= 11 is 0. The third-order valence-corrected chi connectivity index (χ3v) is 5.15. The molecule has 0 unspecified atom stereocenters. The summed E-state index contributed by atoms with van der Waals surface area (Å²) in [4.78, 5) is 0. The van der Waals surface area contributed by atoms with E-state index in [1.165, 1.54) is 22.3 Å². The van der Waals surface area contributed by atoms with Gasteiger partial charge in [0.1, 0.15) is 0 Å². The highest BCUT2D eigenvalue weighted by molar-refractivity contribution is 5.72. The first-order valence-corrected chi connectivity index (χ1v) is 9.89. The van der Waals surface area contributed by atoms with E-state index in [4.69, 9.17) is 0 Å². The van der Waals surface area contributed by atoms with Gasteiger partial charge in [-0.1, -0.05) is 109 Å². The zero-order valence-corrected chi connectivity index (χ0v) is 16.3. The summed E-state index contributed by atoms with van der Waals surface area (Å²) in [6.07, 6.45) is 0. The predicted molar refractivity (Wildman–Crippen MR) is 122 cm³/mol. The number of aromatic nitrogens is 3. The Balaban J connectivity index is 1.42. The van der Waals surface area contributed by atoms with Gasteiger partial charge < -0.3 is 0 Å². The molecule has 3 nitrogen and oxygen atoms in total. The first-order valence-electron chi connectivity index (χ1n) is 9.89. The monoisotopic (exact) mass is 385 g/mol. The van der Waals surface area contributed by atoms with Gasteiger partial charge in [-0.15, -0.1) is 10.2 Å². The second kappa shape index (κ2) is 8.10. The van der Waals surface area contributed by atoms with E-state index in [0.29, 0.717) is 0 Å². The molecule has 0 atom stereocenters. The van der Waals surface area contributed by atoms with Crippen molar-refractivity contribution in [3.63, 3.8) is 0 Å². The summed E-state index contributed by atoms with van der Waals surface area (Å²) in [6.45, 7) is 0. The third kappa shape index (κ3) is 3.74. The summed E-state index contributed by atoms with van der Waals surface area (Å²) in [6, 6.07) is 39.4. The average Bonchev–Trinajstić information content (AvgIpc) is 2.85. The predicted octanol–water partition coefficient (Wildman–Crippen LogP) is 6.54. The Morgan fingerprint density at radius 1 is 0.333 bits per heavy atom. The maximum Gasteiger partial charge on any atom is 0.0969 e. The lowest BCUT2D eigenvalue weighted by Crippen LogP contribution is -1.94. The van der Waals surface area contributed by atoms with Gasteiger partial charge >= 0.3 is 0 Å². The lowest BCUT2D eigenvalue weighted by molar-refractivity contribution is 0.876. The molecule has 0 amide bonds. The number of nitrogens with zero attached hydrogens (tertiary/aromatic N) is 3. The first-order chi connectivity index (χ1) is 14.9. The number of benzene rings is 4. The largest absolute Gasteiger partial charge is 0.130 e. The van der Waals surface area contributed by atoms with Crippen molar-refractivity contribution in [2.45, 2.75) is 0 Å². The van der Waals surface area contributed by atoms with Crippen LogP contribution in [0.5, 0.6) is 0 Å². The van der Waals surface area contributed by atoms with Gasteiger partial charge in [0.05, 0.1) is 11.4 Å². The van der Waals surface area contributed by atoms with E-state index < -0.39 is 0 Å². The van der Waals surface area contributed by atoms with Crippen molar-refractivity contribution >= 4 is 0 Å². The van der Waals surface area contributed by atoms with E-state index in [-0.39, 0.29) is 0 Å². The molecule has 3 heteroatoms. The number of hydrogen-bond donors (Lipinski definition) is 0.